The number of ether oxygens (including phenoxy) is 2. The van der Waals surface area contributed by atoms with E-state index in [1.165, 1.54) is 20.1 Å². The van der Waals surface area contributed by atoms with Crippen LogP contribution in [-0.2, 0) is 17.5 Å². The van der Waals surface area contributed by atoms with Gasteiger partial charge < -0.3 is 14.8 Å². The van der Waals surface area contributed by atoms with E-state index < -0.39 is 34.9 Å². The number of carbonyl (C=O) groups excluding carboxylic acids is 1. The van der Waals surface area contributed by atoms with Crippen molar-refractivity contribution in [1.82, 2.24) is 9.78 Å². The molecule has 1 amide bonds. The summed E-state index contributed by atoms with van der Waals surface area (Å²) in [6.07, 6.45) is -4.69. The first-order valence-electron chi connectivity index (χ1n) is 9.08. The third-order valence-corrected chi connectivity index (χ3v) is 4.17. The van der Waals surface area contributed by atoms with Gasteiger partial charge in [0.25, 0.3) is 5.69 Å². The number of rotatable bonds is 7. The summed E-state index contributed by atoms with van der Waals surface area (Å²) in [5.41, 5.74) is -1.41. The normalized spacial score (nSPS) is 11.2. The number of nitrogens with one attached hydrogen (secondary N) is 1. The summed E-state index contributed by atoms with van der Waals surface area (Å²) < 4.78 is 50.7. The maximum absolute atomic E-state index is 13.1. The van der Waals surface area contributed by atoms with E-state index in [1.54, 1.807) is 24.3 Å². The Balaban J connectivity index is 1.85. The Morgan fingerprint density at radius 1 is 1.19 bits per heavy atom. The maximum Gasteiger partial charge on any atom is 0.433 e. The average Bonchev–Trinajstić information content (AvgIpc) is 3.08. The molecule has 0 atom stereocenters. The van der Waals surface area contributed by atoms with Gasteiger partial charge >= 0.3 is 6.18 Å². The van der Waals surface area contributed by atoms with Gasteiger partial charge in [0.1, 0.15) is 18.0 Å². The zero-order valence-electron chi connectivity index (χ0n) is 16.8. The highest BCUT2D eigenvalue weighted by molar-refractivity contribution is 5.91. The van der Waals surface area contributed by atoms with Crippen molar-refractivity contribution >= 4 is 17.3 Å². The molecule has 3 aromatic rings. The van der Waals surface area contributed by atoms with E-state index in [0.29, 0.717) is 10.4 Å². The zero-order valence-corrected chi connectivity index (χ0v) is 16.8. The number of halogens is 3. The smallest absolute Gasteiger partial charge is 0.433 e. The Morgan fingerprint density at radius 3 is 2.50 bits per heavy atom. The van der Waals surface area contributed by atoms with Crippen LogP contribution in [0.25, 0.3) is 0 Å². The summed E-state index contributed by atoms with van der Waals surface area (Å²) in [6.45, 7) is 0.625. The fourth-order valence-corrected chi connectivity index (χ4v) is 2.88. The van der Waals surface area contributed by atoms with Gasteiger partial charge in [0, 0.05) is 12.1 Å². The molecule has 12 heteroatoms. The molecule has 1 N–H and O–H groups in total. The number of anilines is 1. The lowest BCUT2D eigenvalue weighted by Gasteiger charge is -2.13. The lowest BCUT2D eigenvalue weighted by atomic mass is 10.2. The standard InChI is InChI=1S/C20H17F3N4O5/c1-12-7-18(20(21,22)23)26(25-12)11-19(28)24-13-8-14(27(29)30)10-15(9-13)32-17-6-4-3-5-16(17)31-2/h3-10H,11H2,1-2H3,(H,24,28). The van der Waals surface area contributed by atoms with Crippen LogP contribution in [-0.4, -0.2) is 27.7 Å². The largest absolute Gasteiger partial charge is 0.493 e. The van der Waals surface area contributed by atoms with Crippen molar-refractivity contribution in [1.29, 1.82) is 0 Å². The van der Waals surface area contributed by atoms with Gasteiger partial charge in [0.2, 0.25) is 5.91 Å². The van der Waals surface area contributed by atoms with Crippen LogP contribution in [0.2, 0.25) is 0 Å². The van der Waals surface area contributed by atoms with Crippen LogP contribution >= 0.6 is 0 Å². The van der Waals surface area contributed by atoms with Crippen molar-refractivity contribution in [3.05, 3.63) is 70.0 Å². The van der Waals surface area contributed by atoms with Crippen molar-refractivity contribution in [3.8, 4) is 17.2 Å². The number of nitrogens with zero attached hydrogens (tertiary/aromatic N) is 3. The van der Waals surface area contributed by atoms with Gasteiger partial charge in [0.15, 0.2) is 11.5 Å². The number of hydrogen-bond acceptors (Lipinski definition) is 6. The molecule has 0 bridgehead atoms. The summed E-state index contributed by atoms with van der Waals surface area (Å²) >= 11 is 0. The highest BCUT2D eigenvalue weighted by Crippen LogP contribution is 2.34. The fraction of sp³-hybridized carbons (Fsp3) is 0.200. The number of non-ortho nitro benzene ring substituents is 1. The third kappa shape index (κ3) is 5.33. The number of hydrogen-bond donors (Lipinski definition) is 1. The summed E-state index contributed by atoms with van der Waals surface area (Å²) in [4.78, 5) is 22.9. The predicted octanol–water partition coefficient (Wildman–Crippen LogP) is 4.56. The van der Waals surface area contributed by atoms with Crippen LogP contribution in [0.1, 0.15) is 11.4 Å². The molecular weight excluding hydrogens is 433 g/mol. The quantitative estimate of drug-likeness (QED) is 0.418. The number of aryl methyl sites for hydroxylation is 1. The highest BCUT2D eigenvalue weighted by Gasteiger charge is 2.35. The molecule has 0 aliphatic heterocycles. The van der Waals surface area contributed by atoms with Gasteiger partial charge in [-0.3, -0.25) is 19.6 Å². The second kappa shape index (κ2) is 8.96. The molecule has 0 fully saturated rings. The first-order chi connectivity index (χ1) is 15.1. The van der Waals surface area contributed by atoms with Crippen LogP contribution in [0.3, 0.4) is 0 Å². The number of para-hydroxylation sites is 2. The molecule has 168 valence electrons. The van der Waals surface area contributed by atoms with E-state index in [9.17, 15) is 28.1 Å². The monoisotopic (exact) mass is 450 g/mol. The molecule has 0 aliphatic rings. The predicted molar refractivity (Wildman–Crippen MR) is 107 cm³/mol. The van der Waals surface area contributed by atoms with Gasteiger partial charge in [0.05, 0.1) is 29.5 Å². The molecule has 1 heterocycles. The Hall–Kier alpha value is -4.09. The maximum atomic E-state index is 13.1. The van der Waals surface area contributed by atoms with E-state index in [0.717, 1.165) is 18.2 Å². The van der Waals surface area contributed by atoms with Crippen LogP contribution < -0.4 is 14.8 Å². The molecule has 32 heavy (non-hydrogen) atoms. The highest BCUT2D eigenvalue weighted by atomic mass is 19.4. The number of nitro benzene ring substituents is 1. The molecule has 0 saturated heterocycles. The van der Waals surface area contributed by atoms with Gasteiger partial charge in [-0.05, 0) is 25.1 Å². The van der Waals surface area contributed by atoms with Gasteiger partial charge in [-0.1, -0.05) is 12.1 Å². The van der Waals surface area contributed by atoms with Crippen LogP contribution in [0.4, 0.5) is 24.5 Å². The molecule has 1 aromatic heterocycles. The number of benzene rings is 2. The summed E-state index contributed by atoms with van der Waals surface area (Å²) in [5.74, 6) is -0.194. The van der Waals surface area contributed by atoms with Crippen molar-refractivity contribution in [2.24, 2.45) is 0 Å². The molecule has 0 radical (unpaired) electrons. The second-order valence-corrected chi connectivity index (χ2v) is 6.60. The number of aromatic nitrogens is 2. The Labute approximate surface area is 179 Å². The second-order valence-electron chi connectivity index (χ2n) is 6.60. The number of carbonyl (C=O) groups is 1. The summed E-state index contributed by atoms with van der Waals surface area (Å²) in [5, 5.41) is 17.3. The van der Waals surface area contributed by atoms with Crippen molar-refractivity contribution < 1.29 is 32.4 Å². The number of alkyl halides is 3. The van der Waals surface area contributed by atoms with Gasteiger partial charge in [-0.15, -0.1) is 0 Å². The van der Waals surface area contributed by atoms with Crippen molar-refractivity contribution in [2.45, 2.75) is 19.6 Å². The van der Waals surface area contributed by atoms with Crippen LogP contribution in [0.15, 0.2) is 48.5 Å². The minimum atomic E-state index is -4.69. The lowest BCUT2D eigenvalue weighted by Crippen LogP contribution is -2.23. The minimum Gasteiger partial charge on any atom is -0.493 e. The topological polar surface area (TPSA) is 109 Å². The first kappa shape index (κ1) is 22.6. The SMILES string of the molecule is COc1ccccc1Oc1cc(NC(=O)Cn2nc(C)cc2C(F)(F)F)cc([N+](=O)[O-])c1. The Bertz CT molecular complexity index is 1160. The van der Waals surface area contributed by atoms with Gasteiger partial charge in [-0.2, -0.15) is 18.3 Å². The average molecular weight is 450 g/mol. The Morgan fingerprint density at radius 2 is 1.88 bits per heavy atom. The van der Waals surface area contributed by atoms with Crippen LogP contribution in [0, 0.1) is 17.0 Å². The van der Waals surface area contributed by atoms with Crippen molar-refractivity contribution in [3.63, 3.8) is 0 Å². The number of nitro groups is 1. The summed E-state index contributed by atoms with van der Waals surface area (Å²) in [6, 6.07) is 10.9. The Kier molecular flexibility index (Phi) is 6.32. The molecular formula is C20H17F3N4O5. The van der Waals surface area contributed by atoms with E-state index in [2.05, 4.69) is 10.4 Å². The van der Waals surface area contributed by atoms with E-state index >= 15 is 0 Å². The molecule has 0 aliphatic carbocycles. The molecule has 9 nitrogen and oxygen atoms in total. The molecule has 3 rings (SSSR count). The number of amides is 1. The fourth-order valence-electron chi connectivity index (χ4n) is 2.88. The van der Waals surface area contributed by atoms with Crippen molar-refractivity contribution in [2.75, 3.05) is 12.4 Å². The first-order valence-corrected chi connectivity index (χ1v) is 9.08. The van der Waals surface area contributed by atoms with E-state index in [-0.39, 0.29) is 22.9 Å². The van der Waals surface area contributed by atoms with E-state index in [1.807, 2.05) is 0 Å². The minimum absolute atomic E-state index is 0.0184. The van der Waals surface area contributed by atoms with E-state index in [4.69, 9.17) is 9.47 Å². The summed E-state index contributed by atoms with van der Waals surface area (Å²) in [7, 11) is 1.42. The molecule has 0 saturated carbocycles. The molecule has 0 unspecified atom stereocenters. The van der Waals surface area contributed by atoms with Crippen LogP contribution in [0.5, 0.6) is 17.2 Å². The van der Waals surface area contributed by atoms with Gasteiger partial charge in [-0.25, -0.2) is 0 Å². The molecule has 2 aromatic carbocycles. The lowest BCUT2D eigenvalue weighted by molar-refractivity contribution is -0.384. The zero-order chi connectivity index (χ0) is 23.5. The number of methoxy groups -OCH3 is 1. The third-order valence-electron chi connectivity index (χ3n) is 4.17. The molecule has 0 spiro atoms.